The van der Waals surface area contributed by atoms with Crippen LogP contribution in [0.25, 0.3) is 11.0 Å². The molecule has 2 rings (SSSR count). The van der Waals surface area contributed by atoms with Crippen molar-refractivity contribution in [2.75, 3.05) is 0 Å². The molecule has 1 aromatic carbocycles. The fraction of sp³-hybridized carbons (Fsp3) is 0. The first-order valence-corrected chi connectivity index (χ1v) is 4.60. The second-order valence-corrected chi connectivity index (χ2v) is 3.63. The number of halogens is 1. The number of benzene rings is 1. The number of aromatic hydroxyl groups is 1. The van der Waals surface area contributed by atoms with Crippen LogP contribution in [0.3, 0.4) is 0 Å². The number of aromatic nitrogens is 3. The van der Waals surface area contributed by atoms with E-state index >= 15 is 0 Å². The standard InChI is InChI=1S/C6H2ClN4O3.Ag/c7-2-1-3-4(9-10-8-3)6(12)5(2)11(13)14;/h1H,(H-,8,9,10,12);/q-1;+1. The molecule has 0 amide bonds. The van der Waals surface area contributed by atoms with Crippen molar-refractivity contribution in [3.05, 3.63) is 21.2 Å². The first-order chi connectivity index (χ1) is 7.02. The summed E-state index contributed by atoms with van der Waals surface area (Å²) in [5.74, 6) is -0.590. The zero-order valence-electron chi connectivity index (χ0n) is 6.81. The van der Waals surface area contributed by atoms with Crippen molar-refractivity contribution in [3.8, 4) is 5.75 Å². The maximum atomic E-state index is 10.6. The topological polar surface area (TPSA) is 94.1 Å². The molecule has 82 valence electrons. The van der Waals surface area contributed by atoms with E-state index in [-0.39, 0.29) is 10.5 Å². The number of nitrogens with zero attached hydrogens (tertiary/aromatic N) is 4. The van der Waals surface area contributed by atoms with Gasteiger partial charge in [-0.05, 0) is 0 Å². The number of fused-ring (bicyclic) bond motifs is 1. The number of phenols is 1. The van der Waals surface area contributed by atoms with E-state index in [9.17, 15) is 15.2 Å². The molecule has 0 saturated heterocycles. The van der Waals surface area contributed by atoms with Crippen LogP contribution in [0.15, 0.2) is 6.07 Å². The fourth-order valence-electron chi connectivity index (χ4n) is 1.13. The van der Waals surface area contributed by atoms with Gasteiger partial charge in [0.15, 0.2) is 0 Å². The molecule has 0 unspecified atom stereocenters. The van der Waals surface area contributed by atoms with E-state index in [0.717, 1.165) is 0 Å². The molecule has 0 atom stereocenters. The summed E-state index contributed by atoms with van der Waals surface area (Å²) < 4.78 is 1.18. The molecule has 0 aliphatic rings. The van der Waals surface area contributed by atoms with E-state index in [4.69, 9.17) is 11.6 Å². The summed E-state index contributed by atoms with van der Waals surface area (Å²) in [7, 11) is 0. The average Bonchev–Trinajstić information content (AvgIpc) is 2.47. The van der Waals surface area contributed by atoms with Gasteiger partial charge < -0.3 is 0 Å². The molecule has 0 aliphatic carbocycles. The summed E-state index contributed by atoms with van der Waals surface area (Å²) in [6.45, 7) is 0. The number of phenolic OH excluding ortho intramolecular Hbond substituents is 1. The Bertz CT molecular complexity index is 569. The van der Waals surface area contributed by atoms with Crippen LogP contribution in [-0.2, 0) is 21.3 Å². The zero-order chi connectivity index (χ0) is 11.2. The fourth-order valence-corrected chi connectivity index (χ4v) is 1.71. The van der Waals surface area contributed by atoms with Gasteiger partial charge in [0.1, 0.15) is 0 Å². The van der Waals surface area contributed by atoms with Crippen LogP contribution in [0.4, 0.5) is 5.69 Å². The van der Waals surface area contributed by atoms with Gasteiger partial charge in [-0.1, -0.05) is 0 Å². The molecule has 15 heavy (non-hydrogen) atoms. The van der Waals surface area contributed by atoms with E-state index in [1.54, 1.807) is 0 Å². The molecule has 1 aromatic heterocycles. The van der Waals surface area contributed by atoms with Crippen LogP contribution in [0.1, 0.15) is 0 Å². The van der Waals surface area contributed by atoms with Crippen molar-refractivity contribution in [2.45, 2.75) is 0 Å². The third-order valence-corrected chi connectivity index (χ3v) is 2.54. The van der Waals surface area contributed by atoms with Gasteiger partial charge in [-0.2, -0.15) is 0 Å². The Hall–Kier alpha value is -1.15. The molecule has 0 saturated carbocycles. The van der Waals surface area contributed by atoms with E-state index in [1.807, 2.05) is 0 Å². The van der Waals surface area contributed by atoms with E-state index in [2.05, 4.69) is 31.6 Å². The first-order valence-electron chi connectivity index (χ1n) is 3.56. The SMILES string of the molecule is O=[N+]([O-])c1c(Cl)cc2c(nn[n]2[Ag])c1O. The van der Waals surface area contributed by atoms with Crippen molar-refractivity contribution in [2.24, 2.45) is 0 Å². The number of hydrogen-bond donors (Lipinski definition) is 1. The van der Waals surface area contributed by atoms with Crippen LogP contribution in [0.5, 0.6) is 5.75 Å². The molecule has 1 N–H and O–H groups in total. The molecule has 2 aromatic rings. The van der Waals surface area contributed by atoms with Crippen molar-refractivity contribution in [1.82, 2.24) is 13.4 Å². The van der Waals surface area contributed by atoms with Gasteiger partial charge in [-0.15, -0.1) is 0 Å². The number of hydrogen-bond acceptors (Lipinski definition) is 5. The molecule has 1 heterocycles. The van der Waals surface area contributed by atoms with Crippen LogP contribution < -0.4 is 0 Å². The third-order valence-electron chi connectivity index (χ3n) is 1.76. The Morgan fingerprint density at radius 2 is 2.33 bits per heavy atom. The summed E-state index contributed by atoms with van der Waals surface area (Å²) in [5, 5.41) is 27.1. The molecular weight excluding hydrogens is 319 g/mol. The molecule has 9 heteroatoms. The van der Waals surface area contributed by atoms with Crippen molar-refractivity contribution < 1.29 is 31.4 Å². The molecule has 0 aliphatic heterocycles. The molecule has 0 fully saturated rings. The van der Waals surface area contributed by atoms with Crippen molar-refractivity contribution >= 4 is 28.3 Å². The summed E-state index contributed by atoms with van der Waals surface area (Å²) in [6.07, 6.45) is 0. The minimum absolute atomic E-state index is 0.0160. The van der Waals surface area contributed by atoms with Crippen LogP contribution in [0.2, 0.25) is 5.02 Å². The third kappa shape index (κ3) is 1.49. The first kappa shape index (κ1) is 10.4. The predicted molar refractivity (Wildman–Crippen MR) is 46.3 cm³/mol. The number of nitro benzene ring substituents is 1. The average molecular weight is 321 g/mol. The number of nitro groups is 1. The van der Waals surface area contributed by atoms with Crippen molar-refractivity contribution in [1.29, 1.82) is 0 Å². The second-order valence-electron chi connectivity index (χ2n) is 2.60. The number of rotatable bonds is 1. The quantitative estimate of drug-likeness (QED) is 0.480. The summed E-state index contributed by atoms with van der Waals surface area (Å²) >= 11 is 8.66. The molecule has 0 bridgehead atoms. The Morgan fingerprint density at radius 1 is 1.67 bits per heavy atom. The van der Waals surface area contributed by atoms with Crippen LogP contribution in [0, 0.1) is 10.1 Å². The summed E-state index contributed by atoms with van der Waals surface area (Å²) in [6, 6.07) is 1.29. The molecule has 7 nitrogen and oxygen atoms in total. The predicted octanol–water partition coefficient (Wildman–Crippen LogP) is 1.01. The van der Waals surface area contributed by atoms with Gasteiger partial charge in [0.2, 0.25) is 0 Å². The van der Waals surface area contributed by atoms with Gasteiger partial charge in [-0.25, -0.2) is 0 Å². The zero-order valence-corrected chi connectivity index (χ0v) is 9.05. The molecule has 0 radical (unpaired) electrons. The molecule has 0 spiro atoms. The Morgan fingerprint density at radius 3 is 2.93 bits per heavy atom. The van der Waals surface area contributed by atoms with E-state index in [1.165, 1.54) is 9.15 Å². The normalized spacial score (nSPS) is 10.9. The van der Waals surface area contributed by atoms with Gasteiger partial charge in [0, 0.05) is 0 Å². The van der Waals surface area contributed by atoms with Crippen LogP contribution >= 0.6 is 11.6 Å². The van der Waals surface area contributed by atoms with E-state index < -0.39 is 16.4 Å². The minimum atomic E-state index is -0.774. The van der Waals surface area contributed by atoms with Gasteiger partial charge in [-0.3, -0.25) is 0 Å². The summed E-state index contributed by atoms with van der Waals surface area (Å²) in [4.78, 5) is 9.81. The van der Waals surface area contributed by atoms with Gasteiger partial charge in [0.05, 0.1) is 0 Å². The van der Waals surface area contributed by atoms with Gasteiger partial charge >= 0.3 is 100 Å². The van der Waals surface area contributed by atoms with Gasteiger partial charge in [0.25, 0.3) is 0 Å². The van der Waals surface area contributed by atoms with Crippen molar-refractivity contribution in [3.63, 3.8) is 0 Å². The second kappa shape index (κ2) is 3.46. The summed E-state index contributed by atoms with van der Waals surface area (Å²) in [5.41, 5.74) is -0.207. The Balaban J connectivity index is 2.91. The molecular formula is C6H2AgClN4O3. The monoisotopic (exact) mass is 320 g/mol. The maximum absolute atomic E-state index is 10.6. The Kier molecular flexibility index (Phi) is 2.39. The van der Waals surface area contributed by atoms with Crippen LogP contribution in [-0.4, -0.2) is 23.4 Å². The van der Waals surface area contributed by atoms with E-state index in [0.29, 0.717) is 5.52 Å². The Labute approximate surface area is 100 Å².